The average molecular weight is 781 g/mol. The van der Waals surface area contributed by atoms with Crippen LogP contribution >= 0.6 is 11.3 Å². The van der Waals surface area contributed by atoms with Crippen molar-refractivity contribution in [2.24, 2.45) is 0 Å². The van der Waals surface area contributed by atoms with Gasteiger partial charge in [0, 0.05) is 54.8 Å². The number of nitrogens with one attached hydrogen (secondary N) is 2. The molecule has 0 radical (unpaired) electrons. The van der Waals surface area contributed by atoms with E-state index in [1.165, 1.54) is 11.3 Å². The summed E-state index contributed by atoms with van der Waals surface area (Å²) in [4.78, 5) is 67.3. The number of benzene rings is 3. The van der Waals surface area contributed by atoms with E-state index in [-0.39, 0.29) is 41.7 Å². The Kier molecular flexibility index (Phi) is 14.2. The Morgan fingerprint density at radius 3 is 2.07 bits per heavy atom. The molecule has 0 aliphatic heterocycles. The van der Waals surface area contributed by atoms with Gasteiger partial charge >= 0.3 is 11.9 Å². The van der Waals surface area contributed by atoms with Crippen molar-refractivity contribution in [3.8, 4) is 0 Å². The number of rotatable bonds is 18. The van der Waals surface area contributed by atoms with E-state index in [2.05, 4.69) is 36.3 Å². The van der Waals surface area contributed by atoms with Crippen LogP contribution in [-0.4, -0.2) is 75.3 Å². The summed E-state index contributed by atoms with van der Waals surface area (Å²) >= 11 is 1.47. The maximum Gasteiger partial charge on any atom is 0.335 e. The molecule has 1 heterocycles. The molecule has 4 N–H and O–H groups in total. The van der Waals surface area contributed by atoms with Crippen molar-refractivity contribution in [3.05, 3.63) is 117 Å². The molecule has 0 atom stereocenters. The van der Waals surface area contributed by atoms with Gasteiger partial charge in [-0.1, -0.05) is 43.3 Å². The van der Waals surface area contributed by atoms with Crippen LogP contribution in [0.4, 0.5) is 10.7 Å². The maximum atomic E-state index is 13.9. The molecule has 0 spiro atoms. The number of carboxylic acid groups (broad SMARTS) is 2. The Bertz CT molecular complexity index is 2040. The second-order valence-corrected chi connectivity index (χ2v) is 16.1. The number of carbonyl (C=O) groups excluding carboxylic acids is 3. The molecule has 5 rings (SSSR count). The predicted molar refractivity (Wildman–Crippen MR) is 220 cm³/mol. The quantitative estimate of drug-likeness (QED) is 0.0794. The number of amides is 3. The monoisotopic (exact) mass is 780 g/mol. The fourth-order valence-corrected chi connectivity index (χ4v) is 8.05. The van der Waals surface area contributed by atoms with Gasteiger partial charge in [0.25, 0.3) is 11.8 Å². The number of hydrogen-bond acceptors (Lipinski definition) is 7. The summed E-state index contributed by atoms with van der Waals surface area (Å²) in [5.74, 6) is -2.71. The highest BCUT2D eigenvalue weighted by Crippen LogP contribution is 2.39. The standard InChI is InChI=1S/C44H52N4O7S/c1-5-44(2,3)48(26-25-47(4)37(49)23-24-38(50)51)28-31-9-8-10-33(27-31)40(52)46-42-39(35-11-6-7-12-36(35)56-42)41(53)45-34-21-17-30(18-22-34)14-13-29-15-19-32(20-16-29)43(54)55/h8-10,15-22,27H,5-7,11-14,23-26,28H2,1-4H3,(H,45,53)(H,46,52)(H,50,51)(H,54,55). The zero-order valence-corrected chi connectivity index (χ0v) is 33.5. The maximum absolute atomic E-state index is 13.9. The van der Waals surface area contributed by atoms with Crippen LogP contribution < -0.4 is 10.6 Å². The minimum atomic E-state index is -0.998. The summed E-state index contributed by atoms with van der Waals surface area (Å²) in [6, 6.07) is 22.1. The lowest BCUT2D eigenvalue weighted by Crippen LogP contribution is -2.47. The van der Waals surface area contributed by atoms with Gasteiger partial charge in [-0.25, -0.2) is 4.79 Å². The minimum absolute atomic E-state index is 0.0408. The van der Waals surface area contributed by atoms with Gasteiger partial charge in [0.1, 0.15) is 5.00 Å². The number of thiophene rings is 1. The molecule has 0 saturated heterocycles. The number of carbonyl (C=O) groups is 5. The van der Waals surface area contributed by atoms with E-state index in [9.17, 15) is 24.0 Å². The third kappa shape index (κ3) is 11.1. The molecule has 1 aromatic heterocycles. The van der Waals surface area contributed by atoms with Gasteiger partial charge in [-0.3, -0.25) is 24.1 Å². The zero-order valence-electron chi connectivity index (χ0n) is 32.7. The topological polar surface area (TPSA) is 156 Å². The number of anilines is 2. The van der Waals surface area contributed by atoms with Gasteiger partial charge in [-0.2, -0.15) is 0 Å². The number of aliphatic carboxylic acids is 1. The average Bonchev–Trinajstić information content (AvgIpc) is 3.56. The summed E-state index contributed by atoms with van der Waals surface area (Å²) in [6.45, 7) is 7.94. The molecule has 56 heavy (non-hydrogen) atoms. The number of nitrogens with zero attached hydrogens (tertiary/aromatic N) is 2. The molecule has 3 amide bonds. The highest BCUT2D eigenvalue weighted by molar-refractivity contribution is 7.17. The van der Waals surface area contributed by atoms with Crippen molar-refractivity contribution in [2.75, 3.05) is 30.8 Å². The summed E-state index contributed by atoms with van der Waals surface area (Å²) in [5, 5.41) is 24.8. The largest absolute Gasteiger partial charge is 0.481 e. The molecule has 12 heteroatoms. The Labute approximate surface area is 332 Å². The first-order valence-corrected chi connectivity index (χ1v) is 20.0. The van der Waals surface area contributed by atoms with Crippen LogP contribution in [0.5, 0.6) is 0 Å². The van der Waals surface area contributed by atoms with E-state index >= 15 is 0 Å². The van der Waals surface area contributed by atoms with Crippen molar-refractivity contribution in [1.29, 1.82) is 0 Å². The molecular formula is C44H52N4O7S. The van der Waals surface area contributed by atoms with E-state index in [1.807, 2.05) is 54.6 Å². The van der Waals surface area contributed by atoms with E-state index in [1.54, 1.807) is 30.1 Å². The fourth-order valence-electron chi connectivity index (χ4n) is 6.77. The molecule has 4 aromatic rings. The lowest BCUT2D eigenvalue weighted by atomic mass is 9.95. The number of fused-ring (bicyclic) bond motifs is 1. The van der Waals surface area contributed by atoms with Gasteiger partial charge in [0.2, 0.25) is 5.91 Å². The molecule has 0 saturated carbocycles. The lowest BCUT2D eigenvalue weighted by Gasteiger charge is -2.39. The number of aromatic carboxylic acids is 1. The lowest BCUT2D eigenvalue weighted by molar-refractivity contribution is -0.140. The Hall–Kier alpha value is -5.33. The van der Waals surface area contributed by atoms with Crippen molar-refractivity contribution < 1.29 is 34.2 Å². The third-order valence-electron chi connectivity index (χ3n) is 10.7. The van der Waals surface area contributed by atoms with E-state index in [0.29, 0.717) is 41.4 Å². The SMILES string of the molecule is CCC(C)(C)N(CCN(C)C(=O)CCC(=O)O)Cc1cccc(C(=O)Nc2sc3c(c2C(=O)Nc2ccc(CCc4ccc(C(=O)O)cc4)cc2)CCCC3)c1. The number of carboxylic acids is 2. The smallest absolute Gasteiger partial charge is 0.335 e. The zero-order chi connectivity index (χ0) is 40.4. The summed E-state index contributed by atoms with van der Waals surface area (Å²) in [6.07, 6.45) is 5.78. The molecule has 0 unspecified atom stereocenters. The summed E-state index contributed by atoms with van der Waals surface area (Å²) in [5.41, 5.74) is 5.76. The molecule has 1 aliphatic rings. The second kappa shape index (κ2) is 19.0. The molecule has 0 fully saturated rings. The normalized spacial score (nSPS) is 12.5. The highest BCUT2D eigenvalue weighted by atomic mass is 32.1. The van der Waals surface area contributed by atoms with E-state index < -0.39 is 11.9 Å². The van der Waals surface area contributed by atoms with Crippen LogP contribution in [0.15, 0.2) is 72.8 Å². The van der Waals surface area contributed by atoms with Gasteiger partial charge in [0.15, 0.2) is 0 Å². The second-order valence-electron chi connectivity index (χ2n) is 15.0. The summed E-state index contributed by atoms with van der Waals surface area (Å²) in [7, 11) is 1.69. The Morgan fingerprint density at radius 1 is 0.768 bits per heavy atom. The van der Waals surface area contributed by atoms with Crippen molar-refractivity contribution in [1.82, 2.24) is 9.80 Å². The number of aryl methyl sites for hydroxylation is 3. The molecule has 11 nitrogen and oxygen atoms in total. The van der Waals surface area contributed by atoms with Crippen LogP contribution in [0.25, 0.3) is 0 Å². The van der Waals surface area contributed by atoms with Gasteiger partial charge in [-0.05, 0) is 117 Å². The van der Waals surface area contributed by atoms with Gasteiger partial charge in [-0.15, -0.1) is 11.3 Å². The third-order valence-corrected chi connectivity index (χ3v) is 11.9. The Balaban J connectivity index is 1.25. The number of likely N-dealkylation sites (N-methyl/N-ethyl adjacent to an activating group) is 1. The first-order chi connectivity index (χ1) is 26.7. The fraction of sp³-hybridized carbons (Fsp3) is 0.386. The molecule has 296 valence electrons. The van der Waals surface area contributed by atoms with Crippen LogP contribution in [0.1, 0.15) is 111 Å². The summed E-state index contributed by atoms with van der Waals surface area (Å²) < 4.78 is 0. The first-order valence-electron chi connectivity index (χ1n) is 19.2. The van der Waals surface area contributed by atoms with E-state index in [4.69, 9.17) is 10.2 Å². The minimum Gasteiger partial charge on any atom is -0.481 e. The van der Waals surface area contributed by atoms with Crippen LogP contribution in [0.3, 0.4) is 0 Å². The van der Waals surface area contributed by atoms with Gasteiger partial charge in [0.05, 0.1) is 17.5 Å². The van der Waals surface area contributed by atoms with Gasteiger partial charge < -0.3 is 25.7 Å². The van der Waals surface area contributed by atoms with E-state index in [0.717, 1.165) is 72.1 Å². The van der Waals surface area contributed by atoms with Crippen molar-refractivity contribution in [3.63, 3.8) is 0 Å². The van der Waals surface area contributed by atoms with Crippen molar-refractivity contribution >= 4 is 51.7 Å². The van der Waals surface area contributed by atoms with Crippen molar-refractivity contribution in [2.45, 2.75) is 90.6 Å². The molecule has 0 bridgehead atoms. The van der Waals surface area contributed by atoms with Crippen LogP contribution in [0.2, 0.25) is 0 Å². The van der Waals surface area contributed by atoms with Crippen LogP contribution in [-0.2, 0) is 41.8 Å². The molecular weight excluding hydrogens is 729 g/mol. The number of hydrogen-bond donors (Lipinski definition) is 4. The predicted octanol–water partition coefficient (Wildman–Crippen LogP) is 7.93. The Morgan fingerprint density at radius 2 is 1.43 bits per heavy atom. The first kappa shape index (κ1) is 41.8. The highest BCUT2D eigenvalue weighted by Gasteiger charge is 2.28. The molecule has 3 aromatic carbocycles. The van der Waals surface area contributed by atoms with Crippen LogP contribution in [0, 0.1) is 0 Å². The molecule has 1 aliphatic carbocycles.